The van der Waals surface area contributed by atoms with Crippen LogP contribution in [0, 0.1) is 0 Å². The molecule has 27 heteroatoms. The van der Waals surface area contributed by atoms with Crippen molar-refractivity contribution in [3.8, 4) is 0 Å². The van der Waals surface area contributed by atoms with Crippen LogP contribution in [0.1, 0.15) is 0 Å². The van der Waals surface area contributed by atoms with Crippen LogP contribution in [0.5, 0.6) is 0 Å². The van der Waals surface area contributed by atoms with Gasteiger partial charge in [0.05, 0.1) is 0 Å². The molecule has 0 unspecified atom stereocenters. The zero-order valence-electron chi connectivity index (χ0n) is 29.4. The maximum absolute atomic E-state index is 2.42. The summed E-state index contributed by atoms with van der Waals surface area (Å²) in [6.45, 7) is 0. The molecule has 232 valence electrons. The molecule has 0 amide bonds. The zero-order valence-corrected chi connectivity index (χ0v) is 45.6. The van der Waals surface area contributed by atoms with Crippen LogP contribution in [0.3, 0.4) is 0 Å². The SMILES string of the molecule is [CH3][Al+2].[CH3][Al+2].[CH3][Al+2].[CH3][Al+2].[CH3][Al+2].[CH3][Al+2].[CH3][Al+2].[CH3][Al+2].[CH3][Al+2].[CH3][Al+2].[CH3][Al+2].[CH3][Al+2].[CH3][Al+][CH3].[CH3][Al+][CH3].[O-2].[O-2].[O-2].[O-2].[O-2].[O-2].[O-2].[O-2].[O-2].[O-2].[O-2].[O-2].[O-2]. The van der Waals surface area contributed by atoms with Gasteiger partial charge in [0.25, 0.3) is 0 Å². The predicted molar refractivity (Wildman–Crippen MR) is 183 cm³/mol. The van der Waals surface area contributed by atoms with E-state index in [9.17, 15) is 0 Å². The minimum atomic E-state index is 0. The van der Waals surface area contributed by atoms with Crippen molar-refractivity contribution in [3.63, 3.8) is 0 Å². The first-order chi connectivity index (χ1) is 14.8. The summed E-state index contributed by atoms with van der Waals surface area (Å²) in [6, 6.07) is 0. The molecule has 0 spiro atoms. The molecule has 0 radical (unpaired) electrons. The van der Waals surface area contributed by atoms with Gasteiger partial charge in [0.2, 0.25) is 0 Å². The molecule has 0 saturated heterocycles. The smallest absolute Gasteiger partial charge is 2.00 e. The molecule has 0 aromatic rings. The Balaban J connectivity index is -0.00000000251. The first kappa shape index (κ1) is 227. The van der Waals surface area contributed by atoms with Crippen LogP contribution in [-0.2, 0) is 71.2 Å². The summed E-state index contributed by atoms with van der Waals surface area (Å²) >= 11 is 30.5. The van der Waals surface area contributed by atoms with E-state index >= 15 is 0 Å². The maximum atomic E-state index is 2.42. The number of hydrogen-bond acceptors (Lipinski definition) is 0. The van der Waals surface area contributed by atoms with Crippen molar-refractivity contribution in [1.29, 1.82) is 0 Å². The fourth-order valence-electron chi connectivity index (χ4n) is 0. The third kappa shape index (κ3) is 2240. The van der Waals surface area contributed by atoms with E-state index in [0.29, 0.717) is 0 Å². The summed E-state index contributed by atoms with van der Waals surface area (Å²) in [7, 11) is 0. The Bertz CT molecular complexity index is 69.9. The van der Waals surface area contributed by atoms with Crippen LogP contribution < -0.4 is 0 Å². The quantitative estimate of drug-likeness (QED) is 0.318. The topological polar surface area (TPSA) is 370 Å². The van der Waals surface area contributed by atoms with Crippen molar-refractivity contribution in [2.75, 3.05) is 0 Å². The molecule has 0 fully saturated rings. The van der Waals surface area contributed by atoms with Crippen molar-refractivity contribution >= 4 is 226 Å². The normalized spacial score (nSPS) is 2.42. The molecule has 0 aliphatic rings. The number of rotatable bonds is 0. The Morgan fingerprint density at radius 2 is 0.163 bits per heavy atom. The van der Waals surface area contributed by atoms with Crippen LogP contribution in [-0.4, -0.2) is 226 Å². The predicted octanol–water partition coefficient (Wildman–Crippen LogP) is 2.47. The Morgan fingerprint density at radius 1 is 0.163 bits per heavy atom. The summed E-state index contributed by atoms with van der Waals surface area (Å²) in [5.74, 6) is 31.8. The van der Waals surface area contributed by atoms with Crippen molar-refractivity contribution in [1.82, 2.24) is 0 Å². The molecular weight excluding hydrogens is 778 g/mol. The Labute approximate surface area is 383 Å². The van der Waals surface area contributed by atoms with E-state index < -0.39 is 0 Å². The molecule has 0 bridgehead atoms. The van der Waals surface area contributed by atoms with Gasteiger partial charge < -0.3 is 71.2 Å². The molecule has 0 aromatic carbocycles. The first-order valence-corrected chi connectivity index (χ1v) is 27.7. The molecular formula is C16H48Al14O13. The van der Waals surface area contributed by atoms with E-state index in [1.54, 1.807) is 0 Å². The summed E-state index contributed by atoms with van der Waals surface area (Å²) in [5, 5.41) is 0. The third-order valence-electron chi connectivity index (χ3n) is 0. The molecule has 0 aliphatic heterocycles. The minimum Gasteiger partial charge on any atom is -2.00 e. The van der Waals surface area contributed by atoms with Crippen molar-refractivity contribution in [2.45, 2.75) is 92.6 Å². The average molecular weight is 826 g/mol. The summed E-state index contributed by atoms with van der Waals surface area (Å²) in [4.78, 5) is 0. The van der Waals surface area contributed by atoms with E-state index in [4.69, 9.17) is 0 Å². The Morgan fingerprint density at radius 3 is 0.163 bits per heavy atom. The molecule has 0 aromatic heterocycles. The van der Waals surface area contributed by atoms with Gasteiger partial charge in [-0.1, -0.05) is 0 Å². The van der Waals surface area contributed by atoms with E-state index in [1.165, 1.54) is 0 Å². The van der Waals surface area contributed by atoms with Gasteiger partial charge in [-0.3, -0.25) is 0 Å². The molecule has 0 atom stereocenters. The van der Waals surface area contributed by atoms with Crippen molar-refractivity contribution < 1.29 is 71.2 Å². The summed E-state index contributed by atoms with van der Waals surface area (Å²) < 4.78 is 0. The fraction of sp³-hybridized carbons (Fsp3) is 1.00. The number of hydrogen-bond donors (Lipinski definition) is 0. The molecule has 13 nitrogen and oxygen atoms in total. The largest absolute Gasteiger partial charge is 2.00 e. The van der Waals surface area contributed by atoms with Crippen LogP contribution in [0.25, 0.3) is 0 Å². The minimum absolute atomic E-state index is 0. The van der Waals surface area contributed by atoms with Gasteiger partial charge in [-0.15, -0.1) is 0 Å². The maximum Gasteiger partial charge on any atom is -2.00 e. The van der Waals surface area contributed by atoms with Gasteiger partial charge in [-0.2, -0.15) is 0 Å². The molecule has 0 saturated carbocycles. The van der Waals surface area contributed by atoms with E-state index in [1.807, 2.05) is 69.4 Å². The van der Waals surface area contributed by atoms with Crippen LogP contribution >= 0.6 is 0 Å². The van der Waals surface area contributed by atoms with Crippen molar-refractivity contribution in [2.24, 2.45) is 0 Å². The van der Waals surface area contributed by atoms with Crippen LogP contribution in [0.4, 0.5) is 0 Å². The van der Waals surface area contributed by atoms with Gasteiger partial charge >= 0.3 is 318 Å². The van der Waals surface area contributed by atoms with E-state index in [-0.39, 0.29) is 71.2 Å². The summed E-state index contributed by atoms with van der Waals surface area (Å²) in [6.07, 6.45) is 0. The van der Waals surface area contributed by atoms with Crippen molar-refractivity contribution in [3.05, 3.63) is 0 Å². The van der Waals surface area contributed by atoms with Gasteiger partial charge in [0.15, 0.2) is 0 Å². The van der Waals surface area contributed by atoms with Gasteiger partial charge in [-0.05, 0) is 0 Å². The Hall–Kier alpha value is 6.93. The van der Waals surface area contributed by atoms with Crippen LogP contribution in [0.2, 0.25) is 92.6 Å². The third-order valence-corrected chi connectivity index (χ3v) is 0. The monoisotopic (exact) mass is 826 g/mol. The summed E-state index contributed by atoms with van der Waals surface area (Å²) in [5.41, 5.74) is 0. The second-order valence-corrected chi connectivity index (χ2v) is 3.46. The van der Waals surface area contributed by atoms with Gasteiger partial charge in [-0.25, -0.2) is 0 Å². The molecule has 43 heavy (non-hydrogen) atoms. The van der Waals surface area contributed by atoms with Gasteiger partial charge in [0.1, 0.15) is 0 Å². The Kier molecular flexibility index (Phi) is 7450. The molecule has 0 heterocycles. The average Bonchev–Trinajstić information content (AvgIpc) is 2.94. The van der Waals surface area contributed by atoms with E-state index in [2.05, 4.69) is 219 Å². The fourth-order valence-corrected chi connectivity index (χ4v) is 0. The zero-order chi connectivity index (χ0) is 29.4. The first-order valence-electron chi connectivity index (χ1n) is 9.24. The molecule has 0 N–H and O–H groups in total. The standard InChI is InChI=1S/16CH3.14Al.13O/h16*1H3;;;;;;;;;;;;;;;;;;;;;;;;;;;/q;;;;;;;;;;;;;;;;2*+1;12*+2;13*-2. The van der Waals surface area contributed by atoms with Gasteiger partial charge in [0, 0.05) is 0 Å². The van der Waals surface area contributed by atoms with Crippen LogP contribution in [0.15, 0.2) is 0 Å². The molecule has 0 aliphatic carbocycles. The second kappa shape index (κ2) is 1410. The second-order valence-electron chi connectivity index (χ2n) is 1.15. The van der Waals surface area contributed by atoms with E-state index in [0.717, 1.165) is 30.4 Å². The molecule has 0 rings (SSSR count).